The van der Waals surface area contributed by atoms with Crippen LogP contribution in [0.25, 0.3) is 0 Å². The van der Waals surface area contributed by atoms with E-state index in [1.165, 1.54) is 0 Å². The highest BCUT2D eigenvalue weighted by Gasteiger charge is 2.44. The first-order valence-corrected chi connectivity index (χ1v) is 8.32. The summed E-state index contributed by atoms with van der Waals surface area (Å²) in [6.07, 6.45) is 1.70. The number of nitrogens with zero attached hydrogens (tertiary/aromatic N) is 3. The van der Waals surface area contributed by atoms with E-state index in [9.17, 15) is 14.4 Å². The molecule has 0 bridgehead atoms. The van der Waals surface area contributed by atoms with Gasteiger partial charge in [-0.2, -0.15) is 0 Å². The first-order chi connectivity index (χ1) is 10.8. The maximum atomic E-state index is 12.9. The maximum Gasteiger partial charge on any atom is 0.240 e. The average molecular weight is 324 g/mol. The van der Waals surface area contributed by atoms with E-state index in [4.69, 9.17) is 0 Å². The fourth-order valence-electron chi connectivity index (χ4n) is 3.58. The summed E-state index contributed by atoms with van der Waals surface area (Å²) in [5.41, 5.74) is -0.702. The molecule has 0 spiro atoms. The summed E-state index contributed by atoms with van der Waals surface area (Å²) in [5, 5.41) is 2.69. The first kappa shape index (κ1) is 17.7. The Morgan fingerprint density at radius 3 is 2.09 bits per heavy atom. The van der Waals surface area contributed by atoms with Crippen LogP contribution in [0.3, 0.4) is 0 Å². The van der Waals surface area contributed by atoms with E-state index < -0.39 is 5.54 Å². The lowest BCUT2D eigenvalue weighted by atomic mass is 9.99. The zero-order chi connectivity index (χ0) is 17.2. The largest absolute Gasteiger partial charge is 0.358 e. The minimum Gasteiger partial charge on any atom is -0.358 e. The number of hydrogen-bond acceptors (Lipinski definition) is 4. The van der Waals surface area contributed by atoms with Crippen LogP contribution in [0.15, 0.2) is 0 Å². The van der Waals surface area contributed by atoms with Crippen LogP contribution >= 0.6 is 0 Å². The highest BCUT2D eigenvalue weighted by Crippen LogP contribution is 2.28. The quantitative estimate of drug-likeness (QED) is 0.771. The molecule has 1 atom stereocenters. The van der Waals surface area contributed by atoms with Gasteiger partial charge < -0.3 is 15.1 Å². The van der Waals surface area contributed by atoms with Gasteiger partial charge in [0.15, 0.2) is 0 Å². The first-order valence-electron chi connectivity index (χ1n) is 8.32. The van der Waals surface area contributed by atoms with Gasteiger partial charge in [-0.05, 0) is 26.7 Å². The maximum absolute atomic E-state index is 12.9. The Balaban J connectivity index is 2.04. The number of piperazine rings is 1. The Hall–Kier alpha value is -1.63. The second-order valence-corrected chi connectivity index (χ2v) is 6.82. The van der Waals surface area contributed by atoms with Gasteiger partial charge in [0.2, 0.25) is 17.7 Å². The molecule has 2 saturated heterocycles. The zero-order valence-electron chi connectivity index (χ0n) is 14.6. The molecule has 2 aliphatic rings. The van der Waals surface area contributed by atoms with Crippen LogP contribution in [-0.4, -0.2) is 83.8 Å². The molecule has 7 nitrogen and oxygen atoms in total. The lowest BCUT2D eigenvalue weighted by Gasteiger charge is -2.41. The predicted molar refractivity (Wildman–Crippen MR) is 86.7 cm³/mol. The van der Waals surface area contributed by atoms with E-state index in [-0.39, 0.29) is 23.8 Å². The highest BCUT2D eigenvalue weighted by atomic mass is 16.2. The van der Waals surface area contributed by atoms with Crippen molar-refractivity contribution in [3.8, 4) is 0 Å². The van der Waals surface area contributed by atoms with Crippen LogP contribution in [0.2, 0.25) is 0 Å². The monoisotopic (exact) mass is 324 g/mol. The van der Waals surface area contributed by atoms with Gasteiger partial charge in [0.05, 0.1) is 11.6 Å². The summed E-state index contributed by atoms with van der Waals surface area (Å²) in [4.78, 5) is 42.1. The van der Waals surface area contributed by atoms with Crippen LogP contribution in [0.1, 0.15) is 33.6 Å². The third-order valence-corrected chi connectivity index (χ3v) is 5.08. The van der Waals surface area contributed by atoms with Crippen LogP contribution in [0, 0.1) is 0 Å². The third-order valence-electron chi connectivity index (χ3n) is 5.08. The van der Waals surface area contributed by atoms with E-state index >= 15 is 0 Å². The number of carbonyl (C=O) groups excluding carboxylic acids is 3. The van der Waals surface area contributed by atoms with Crippen LogP contribution in [0.5, 0.6) is 0 Å². The Labute approximate surface area is 138 Å². The number of hydrogen-bond donors (Lipinski definition) is 1. The Bertz CT molecular complexity index is 484. The third kappa shape index (κ3) is 3.49. The van der Waals surface area contributed by atoms with Crippen molar-refractivity contribution in [1.29, 1.82) is 0 Å². The fraction of sp³-hybridized carbons (Fsp3) is 0.812. The Kier molecular flexibility index (Phi) is 5.29. The fourth-order valence-corrected chi connectivity index (χ4v) is 3.58. The molecule has 1 unspecified atom stereocenters. The Morgan fingerprint density at radius 1 is 1.00 bits per heavy atom. The molecule has 0 aromatic heterocycles. The van der Waals surface area contributed by atoms with Gasteiger partial charge in [0, 0.05) is 46.7 Å². The molecule has 0 radical (unpaired) electrons. The Morgan fingerprint density at radius 2 is 1.57 bits per heavy atom. The molecule has 2 rings (SSSR count). The van der Waals surface area contributed by atoms with E-state index in [0.717, 1.165) is 19.4 Å². The number of nitrogens with one attached hydrogen (secondary N) is 1. The molecule has 0 aromatic carbocycles. The van der Waals surface area contributed by atoms with Gasteiger partial charge >= 0.3 is 0 Å². The van der Waals surface area contributed by atoms with Crippen molar-refractivity contribution in [1.82, 2.24) is 20.0 Å². The van der Waals surface area contributed by atoms with E-state index in [2.05, 4.69) is 5.32 Å². The summed E-state index contributed by atoms with van der Waals surface area (Å²) in [7, 11) is 1.62. The van der Waals surface area contributed by atoms with Gasteiger partial charge in [0.25, 0.3) is 0 Å². The molecule has 1 N–H and O–H groups in total. The lowest BCUT2D eigenvalue weighted by Crippen LogP contribution is -2.61. The minimum absolute atomic E-state index is 0.0559. The van der Waals surface area contributed by atoms with Crippen molar-refractivity contribution in [3.05, 3.63) is 0 Å². The van der Waals surface area contributed by atoms with Gasteiger partial charge in [-0.1, -0.05) is 0 Å². The van der Waals surface area contributed by atoms with Crippen molar-refractivity contribution in [2.45, 2.75) is 45.2 Å². The topological polar surface area (TPSA) is 73.0 Å². The molecule has 0 saturated carbocycles. The molecule has 23 heavy (non-hydrogen) atoms. The van der Waals surface area contributed by atoms with Crippen molar-refractivity contribution < 1.29 is 14.4 Å². The van der Waals surface area contributed by atoms with Crippen molar-refractivity contribution in [2.24, 2.45) is 0 Å². The highest BCUT2D eigenvalue weighted by molar-refractivity contribution is 5.88. The van der Waals surface area contributed by atoms with Crippen LogP contribution in [0.4, 0.5) is 0 Å². The molecule has 2 fully saturated rings. The minimum atomic E-state index is -0.702. The molecular formula is C16H28N4O3. The molecule has 130 valence electrons. The smallest absolute Gasteiger partial charge is 0.240 e. The summed E-state index contributed by atoms with van der Waals surface area (Å²) in [6, 6.07) is -0.244. The van der Waals surface area contributed by atoms with Gasteiger partial charge in [-0.3, -0.25) is 19.3 Å². The van der Waals surface area contributed by atoms with E-state index in [1.807, 2.05) is 23.6 Å². The number of amides is 3. The number of likely N-dealkylation sites (N-methyl/N-ethyl adjacent to an activating group) is 1. The zero-order valence-corrected chi connectivity index (χ0v) is 14.6. The normalized spacial score (nSPS) is 23.0. The molecule has 0 aromatic rings. The summed E-state index contributed by atoms with van der Waals surface area (Å²) in [5.74, 6) is 0.0709. The molecule has 2 aliphatic heterocycles. The molecule has 2 heterocycles. The van der Waals surface area contributed by atoms with Crippen molar-refractivity contribution >= 4 is 17.7 Å². The van der Waals surface area contributed by atoms with E-state index in [1.54, 1.807) is 18.9 Å². The number of rotatable bonds is 3. The summed E-state index contributed by atoms with van der Waals surface area (Å²) in [6.45, 7) is 8.37. The van der Waals surface area contributed by atoms with Crippen molar-refractivity contribution in [2.75, 3.05) is 39.8 Å². The van der Waals surface area contributed by atoms with Gasteiger partial charge in [-0.25, -0.2) is 0 Å². The standard InChI is InChI=1S/C16H28N4O3/c1-12(21)18-8-10-19(11-9-18)14(22)13-6-5-7-20(13)16(2,3)15(23)17-4/h13H,5-11H2,1-4H3,(H,17,23). The molecular weight excluding hydrogens is 296 g/mol. The lowest BCUT2D eigenvalue weighted by molar-refractivity contribution is -0.145. The molecule has 0 aliphatic carbocycles. The summed E-state index contributed by atoms with van der Waals surface area (Å²) >= 11 is 0. The second kappa shape index (κ2) is 6.86. The van der Waals surface area contributed by atoms with Crippen molar-refractivity contribution in [3.63, 3.8) is 0 Å². The molecule has 3 amide bonds. The molecule has 7 heteroatoms. The van der Waals surface area contributed by atoms with Crippen LogP contribution in [-0.2, 0) is 14.4 Å². The number of carbonyl (C=O) groups is 3. The summed E-state index contributed by atoms with van der Waals surface area (Å²) < 4.78 is 0. The average Bonchev–Trinajstić information content (AvgIpc) is 3.03. The number of likely N-dealkylation sites (tertiary alicyclic amines) is 1. The van der Waals surface area contributed by atoms with E-state index in [0.29, 0.717) is 26.2 Å². The second-order valence-electron chi connectivity index (χ2n) is 6.82. The van der Waals surface area contributed by atoms with Gasteiger partial charge in [0.1, 0.15) is 0 Å². The predicted octanol–water partition coefficient (Wildman–Crippen LogP) is -0.334. The SMILES string of the molecule is CNC(=O)C(C)(C)N1CCCC1C(=O)N1CCN(C(C)=O)CC1. The van der Waals surface area contributed by atoms with Crippen LogP contribution < -0.4 is 5.32 Å². The van der Waals surface area contributed by atoms with Gasteiger partial charge in [-0.15, -0.1) is 0 Å².